The fourth-order valence-corrected chi connectivity index (χ4v) is 1.84. The number of imidazole rings is 1. The van der Waals surface area contributed by atoms with Crippen molar-refractivity contribution in [2.75, 3.05) is 0 Å². The lowest BCUT2D eigenvalue weighted by atomic mass is 10.2. The number of aliphatic carboxylic acids is 1. The maximum absolute atomic E-state index is 10.4. The second-order valence-corrected chi connectivity index (χ2v) is 4.19. The Morgan fingerprint density at radius 3 is 2.88 bits per heavy atom. The summed E-state index contributed by atoms with van der Waals surface area (Å²) in [7, 11) is 0. The van der Waals surface area contributed by atoms with Gasteiger partial charge in [-0.25, -0.2) is 9.78 Å². The van der Waals surface area contributed by atoms with Gasteiger partial charge >= 0.3 is 5.97 Å². The van der Waals surface area contributed by atoms with E-state index < -0.39 is 5.97 Å². The number of nitrogens with zero attached hydrogens (tertiary/aromatic N) is 1. The first kappa shape index (κ1) is 11.6. The predicted octanol–water partition coefficient (Wildman–Crippen LogP) is 2.94. The van der Waals surface area contributed by atoms with E-state index in [1.54, 1.807) is 6.20 Å². The molecule has 0 atom stereocenters. The lowest BCUT2D eigenvalue weighted by Gasteiger charge is -1.98. The summed E-state index contributed by atoms with van der Waals surface area (Å²) in [6.45, 7) is 0. The van der Waals surface area contributed by atoms with Gasteiger partial charge in [-0.2, -0.15) is 0 Å². The Morgan fingerprint density at radius 2 is 2.18 bits per heavy atom. The van der Waals surface area contributed by atoms with Crippen LogP contribution in [0.25, 0.3) is 17.5 Å². The van der Waals surface area contributed by atoms with E-state index in [1.807, 2.05) is 24.3 Å². The van der Waals surface area contributed by atoms with Gasteiger partial charge in [0.2, 0.25) is 0 Å². The monoisotopic (exact) mass is 292 g/mol. The Morgan fingerprint density at radius 1 is 1.41 bits per heavy atom. The quantitative estimate of drug-likeness (QED) is 0.855. The first-order valence-corrected chi connectivity index (χ1v) is 5.67. The third kappa shape index (κ3) is 2.82. The molecular formula is C12H9BrN2O2. The molecule has 0 saturated heterocycles. The molecule has 2 aromatic rings. The van der Waals surface area contributed by atoms with Gasteiger partial charge in [0.05, 0.1) is 11.9 Å². The van der Waals surface area contributed by atoms with Crippen LogP contribution in [0.1, 0.15) is 5.69 Å². The summed E-state index contributed by atoms with van der Waals surface area (Å²) >= 11 is 3.43. The first-order valence-electron chi connectivity index (χ1n) is 4.88. The van der Waals surface area contributed by atoms with Gasteiger partial charge in [0.1, 0.15) is 5.82 Å². The van der Waals surface area contributed by atoms with E-state index in [2.05, 4.69) is 25.9 Å². The van der Waals surface area contributed by atoms with Crippen LogP contribution in [0.2, 0.25) is 0 Å². The molecule has 0 fully saturated rings. The summed E-state index contributed by atoms with van der Waals surface area (Å²) in [5.41, 5.74) is 1.58. The van der Waals surface area contributed by atoms with E-state index in [0.29, 0.717) is 11.5 Å². The molecule has 1 heterocycles. The Hall–Kier alpha value is -1.88. The third-order valence-corrected chi connectivity index (χ3v) is 2.82. The molecule has 0 unspecified atom stereocenters. The lowest BCUT2D eigenvalue weighted by Crippen LogP contribution is -1.86. The highest BCUT2D eigenvalue weighted by Crippen LogP contribution is 2.25. The van der Waals surface area contributed by atoms with Crippen molar-refractivity contribution in [2.45, 2.75) is 0 Å². The molecule has 2 rings (SSSR count). The summed E-state index contributed by atoms with van der Waals surface area (Å²) in [6.07, 6.45) is 4.13. The highest BCUT2D eigenvalue weighted by molar-refractivity contribution is 9.10. The molecule has 0 radical (unpaired) electrons. The molecule has 86 valence electrons. The first-order chi connectivity index (χ1) is 8.16. The predicted molar refractivity (Wildman–Crippen MR) is 68.4 cm³/mol. The molecule has 5 heteroatoms. The molecule has 17 heavy (non-hydrogen) atoms. The van der Waals surface area contributed by atoms with Crippen LogP contribution >= 0.6 is 15.9 Å². The van der Waals surface area contributed by atoms with Gasteiger partial charge in [0.15, 0.2) is 0 Å². The van der Waals surface area contributed by atoms with Crippen molar-refractivity contribution in [3.63, 3.8) is 0 Å². The van der Waals surface area contributed by atoms with Gasteiger partial charge in [0, 0.05) is 16.1 Å². The van der Waals surface area contributed by atoms with Gasteiger partial charge in [-0.05, 0) is 12.1 Å². The topological polar surface area (TPSA) is 66.0 Å². The minimum Gasteiger partial charge on any atom is -0.478 e. The summed E-state index contributed by atoms with van der Waals surface area (Å²) < 4.78 is 0.933. The summed E-state index contributed by atoms with van der Waals surface area (Å²) in [5, 5.41) is 8.51. The molecule has 2 N–H and O–H groups in total. The van der Waals surface area contributed by atoms with Crippen molar-refractivity contribution in [3.05, 3.63) is 46.7 Å². The van der Waals surface area contributed by atoms with Crippen LogP contribution < -0.4 is 0 Å². The number of hydrogen-bond acceptors (Lipinski definition) is 2. The number of aromatic nitrogens is 2. The zero-order valence-corrected chi connectivity index (χ0v) is 10.3. The van der Waals surface area contributed by atoms with Crippen molar-refractivity contribution in [2.24, 2.45) is 0 Å². The van der Waals surface area contributed by atoms with Crippen LogP contribution in [0.15, 0.2) is 41.0 Å². The number of carboxylic acid groups (broad SMARTS) is 1. The van der Waals surface area contributed by atoms with Crippen LogP contribution in [0.4, 0.5) is 0 Å². The molecule has 0 spiro atoms. The molecule has 1 aromatic heterocycles. The molecule has 0 bridgehead atoms. The second kappa shape index (κ2) is 4.97. The minimum atomic E-state index is -0.984. The second-order valence-electron chi connectivity index (χ2n) is 3.34. The van der Waals surface area contributed by atoms with Gasteiger partial charge in [-0.1, -0.05) is 34.1 Å². The summed E-state index contributed by atoms with van der Waals surface area (Å²) in [6, 6.07) is 7.68. The summed E-state index contributed by atoms with van der Waals surface area (Å²) in [4.78, 5) is 17.6. The maximum atomic E-state index is 10.4. The smallest absolute Gasteiger partial charge is 0.328 e. The minimum absolute atomic E-state index is 0.651. The molecule has 1 aromatic carbocycles. The zero-order valence-electron chi connectivity index (χ0n) is 8.72. The SMILES string of the molecule is O=C(O)/C=C/c1cnc(-c2ccccc2Br)[nH]1. The standard InChI is InChI=1S/C12H9BrN2O2/c13-10-4-2-1-3-9(10)12-14-7-8(15-12)5-6-11(16)17/h1-7H,(H,14,15)(H,16,17)/b6-5+. The van der Waals surface area contributed by atoms with Crippen LogP contribution in [0, 0.1) is 0 Å². The molecule has 4 nitrogen and oxygen atoms in total. The third-order valence-electron chi connectivity index (χ3n) is 2.13. The molecule has 0 aliphatic rings. The number of hydrogen-bond donors (Lipinski definition) is 2. The number of H-pyrrole nitrogens is 1. The van der Waals surface area contributed by atoms with Crippen LogP contribution in [-0.2, 0) is 4.79 Å². The van der Waals surface area contributed by atoms with Crippen LogP contribution in [0.5, 0.6) is 0 Å². The van der Waals surface area contributed by atoms with E-state index >= 15 is 0 Å². The van der Waals surface area contributed by atoms with Crippen molar-refractivity contribution in [1.29, 1.82) is 0 Å². The Bertz CT molecular complexity index is 575. The van der Waals surface area contributed by atoms with Crippen molar-refractivity contribution in [3.8, 4) is 11.4 Å². The number of rotatable bonds is 3. The van der Waals surface area contributed by atoms with Gasteiger partial charge < -0.3 is 10.1 Å². The fraction of sp³-hybridized carbons (Fsp3) is 0. The van der Waals surface area contributed by atoms with Crippen LogP contribution in [-0.4, -0.2) is 21.0 Å². The fourth-order valence-electron chi connectivity index (χ4n) is 1.37. The molecule has 0 saturated carbocycles. The van der Waals surface area contributed by atoms with Crippen molar-refractivity contribution < 1.29 is 9.90 Å². The van der Waals surface area contributed by atoms with E-state index in [0.717, 1.165) is 16.1 Å². The molecule has 0 aliphatic heterocycles. The Kier molecular flexibility index (Phi) is 3.39. The largest absolute Gasteiger partial charge is 0.478 e. The highest BCUT2D eigenvalue weighted by atomic mass is 79.9. The number of carbonyl (C=O) groups is 1. The number of benzene rings is 1. The normalized spacial score (nSPS) is 10.9. The van der Waals surface area contributed by atoms with E-state index in [9.17, 15) is 4.79 Å². The average Bonchev–Trinajstić information content (AvgIpc) is 2.75. The highest BCUT2D eigenvalue weighted by Gasteiger charge is 2.05. The summed E-state index contributed by atoms with van der Waals surface area (Å²) in [5.74, 6) is -0.287. The number of halogens is 1. The Labute approximate surface area is 106 Å². The van der Waals surface area contributed by atoms with E-state index in [1.165, 1.54) is 6.08 Å². The molecule has 0 aliphatic carbocycles. The van der Waals surface area contributed by atoms with Gasteiger partial charge in [-0.15, -0.1) is 0 Å². The van der Waals surface area contributed by atoms with E-state index in [4.69, 9.17) is 5.11 Å². The van der Waals surface area contributed by atoms with Crippen molar-refractivity contribution >= 4 is 28.0 Å². The van der Waals surface area contributed by atoms with Crippen molar-refractivity contribution in [1.82, 2.24) is 9.97 Å². The Balaban J connectivity index is 2.30. The average molecular weight is 293 g/mol. The van der Waals surface area contributed by atoms with Gasteiger partial charge in [0.25, 0.3) is 0 Å². The number of aromatic amines is 1. The molecular weight excluding hydrogens is 284 g/mol. The van der Waals surface area contributed by atoms with Gasteiger partial charge in [-0.3, -0.25) is 0 Å². The number of nitrogens with one attached hydrogen (secondary N) is 1. The maximum Gasteiger partial charge on any atom is 0.328 e. The lowest BCUT2D eigenvalue weighted by molar-refractivity contribution is -0.131. The van der Waals surface area contributed by atoms with E-state index in [-0.39, 0.29) is 0 Å². The van der Waals surface area contributed by atoms with Crippen LogP contribution in [0.3, 0.4) is 0 Å². The molecule has 0 amide bonds. The zero-order chi connectivity index (χ0) is 12.3. The number of carboxylic acids is 1.